The summed E-state index contributed by atoms with van der Waals surface area (Å²) in [6.07, 6.45) is 5.58. The highest BCUT2D eigenvalue weighted by Gasteiger charge is 2.25. The molecule has 1 aromatic rings. The quantitative estimate of drug-likeness (QED) is 0.783. The number of likely N-dealkylation sites (tertiary alicyclic amines) is 1. The molecule has 3 rings (SSSR count). The van der Waals surface area contributed by atoms with E-state index in [2.05, 4.69) is 5.32 Å². The van der Waals surface area contributed by atoms with Gasteiger partial charge in [0.2, 0.25) is 5.91 Å². The number of benzene rings is 1. The molecular weight excluding hydrogens is 318 g/mol. The normalized spacial score (nSPS) is 18.2. The van der Waals surface area contributed by atoms with E-state index in [9.17, 15) is 9.59 Å². The van der Waals surface area contributed by atoms with Crippen LogP contribution in [-0.4, -0.2) is 51.1 Å². The van der Waals surface area contributed by atoms with Crippen molar-refractivity contribution in [3.05, 3.63) is 24.3 Å². The molecule has 1 fully saturated rings. The summed E-state index contributed by atoms with van der Waals surface area (Å²) in [6, 6.07) is 7.45. The van der Waals surface area contributed by atoms with Crippen LogP contribution in [0.15, 0.2) is 24.3 Å². The lowest BCUT2D eigenvalue weighted by Gasteiger charge is -2.29. The summed E-state index contributed by atoms with van der Waals surface area (Å²) in [4.78, 5) is 27.5. The standard InChI is InChI=1S/C19H27N3O3/c23-18(20-10-14-21-11-5-1-2-6-12-21)9-13-22-16-7-3-4-8-17(16)25-15-19(22)24/h3-4,7-8H,1-2,5-6,9-15H2,(H,20,23)/p+1. The number of anilines is 1. The Morgan fingerprint density at radius 1 is 1.16 bits per heavy atom. The number of hydrogen-bond acceptors (Lipinski definition) is 3. The number of para-hydroxylation sites is 2. The molecule has 2 N–H and O–H groups in total. The fraction of sp³-hybridized carbons (Fsp3) is 0.579. The molecule has 6 heteroatoms. The van der Waals surface area contributed by atoms with Crippen LogP contribution in [0, 0.1) is 0 Å². The number of nitrogens with zero attached hydrogens (tertiary/aromatic N) is 1. The van der Waals surface area contributed by atoms with Crippen molar-refractivity contribution in [1.29, 1.82) is 0 Å². The van der Waals surface area contributed by atoms with Crippen LogP contribution >= 0.6 is 0 Å². The maximum Gasteiger partial charge on any atom is 0.265 e. The second kappa shape index (κ2) is 8.85. The Hall–Kier alpha value is -2.08. The number of nitrogens with one attached hydrogen (secondary N) is 2. The molecule has 0 radical (unpaired) electrons. The second-order valence-corrected chi connectivity index (χ2v) is 6.82. The molecule has 6 nitrogen and oxygen atoms in total. The predicted octanol–water partition coefficient (Wildman–Crippen LogP) is 0.377. The molecule has 2 aliphatic rings. The zero-order valence-electron chi connectivity index (χ0n) is 14.8. The zero-order valence-corrected chi connectivity index (χ0v) is 14.8. The maximum absolute atomic E-state index is 12.1. The first kappa shape index (κ1) is 17.7. The monoisotopic (exact) mass is 346 g/mol. The molecule has 0 spiro atoms. The van der Waals surface area contributed by atoms with E-state index in [1.807, 2.05) is 24.3 Å². The third kappa shape index (κ3) is 4.95. The van der Waals surface area contributed by atoms with Gasteiger partial charge in [-0.25, -0.2) is 0 Å². The summed E-state index contributed by atoms with van der Waals surface area (Å²) in [5.74, 6) is 0.610. The Bertz CT molecular complexity index is 597. The van der Waals surface area contributed by atoms with E-state index in [1.165, 1.54) is 38.8 Å². The van der Waals surface area contributed by atoms with E-state index in [4.69, 9.17) is 4.74 Å². The summed E-state index contributed by atoms with van der Waals surface area (Å²) in [7, 11) is 0. The second-order valence-electron chi connectivity index (χ2n) is 6.82. The van der Waals surface area contributed by atoms with Crippen molar-refractivity contribution in [3.63, 3.8) is 0 Å². The van der Waals surface area contributed by atoms with Crippen molar-refractivity contribution in [2.24, 2.45) is 0 Å². The molecule has 0 atom stereocenters. The number of ether oxygens (including phenoxy) is 1. The third-order valence-corrected chi connectivity index (χ3v) is 4.98. The fourth-order valence-corrected chi connectivity index (χ4v) is 3.56. The Balaban J connectivity index is 1.42. The number of quaternary nitrogens is 1. The summed E-state index contributed by atoms with van der Waals surface area (Å²) in [5, 5.41) is 3.00. The SMILES string of the molecule is O=C(CCN1C(=O)COc2ccccc21)NCC[NH+]1CCCCCC1. The minimum atomic E-state index is -0.0967. The number of carbonyl (C=O) groups is 2. The first-order valence-electron chi connectivity index (χ1n) is 9.36. The average molecular weight is 346 g/mol. The molecule has 2 aliphatic heterocycles. The number of fused-ring (bicyclic) bond motifs is 1. The van der Waals surface area contributed by atoms with Gasteiger partial charge in [-0.15, -0.1) is 0 Å². The minimum absolute atomic E-state index is 0.00555. The molecule has 2 amide bonds. The Morgan fingerprint density at radius 3 is 2.72 bits per heavy atom. The van der Waals surface area contributed by atoms with E-state index in [0.717, 1.165) is 12.2 Å². The molecular formula is C19H28N3O3+. The smallest absolute Gasteiger partial charge is 0.265 e. The molecule has 0 aromatic heterocycles. The molecule has 0 unspecified atom stereocenters. The molecule has 0 bridgehead atoms. The van der Waals surface area contributed by atoms with Crippen LogP contribution in [0.1, 0.15) is 32.1 Å². The van der Waals surface area contributed by atoms with Gasteiger partial charge in [-0.1, -0.05) is 12.1 Å². The molecule has 0 saturated carbocycles. The average Bonchev–Trinajstić information content (AvgIpc) is 2.90. The van der Waals surface area contributed by atoms with E-state index in [-0.39, 0.29) is 18.4 Å². The van der Waals surface area contributed by atoms with Crippen molar-refractivity contribution < 1.29 is 19.2 Å². The van der Waals surface area contributed by atoms with E-state index in [0.29, 0.717) is 25.3 Å². The number of rotatable bonds is 6. The Morgan fingerprint density at radius 2 is 1.92 bits per heavy atom. The van der Waals surface area contributed by atoms with Crippen LogP contribution in [-0.2, 0) is 9.59 Å². The van der Waals surface area contributed by atoms with Gasteiger partial charge in [-0.3, -0.25) is 9.59 Å². The maximum atomic E-state index is 12.1. The Kier molecular flexibility index (Phi) is 6.28. The van der Waals surface area contributed by atoms with Crippen molar-refractivity contribution in [1.82, 2.24) is 5.32 Å². The van der Waals surface area contributed by atoms with Crippen LogP contribution < -0.4 is 19.9 Å². The summed E-state index contributed by atoms with van der Waals surface area (Å²) in [5.41, 5.74) is 0.751. The van der Waals surface area contributed by atoms with Crippen molar-refractivity contribution >= 4 is 17.5 Å². The first-order chi connectivity index (χ1) is 12.2. The lowest BCUT2D eigenvalue weighted by molar-refractivity contribution is -0.898. The van der Waals surface area contributed by atoms with Crippen molar-refractivity contribution in [3.8, 4) is 5.75 Å². The molecule has 2 heterocycles. The summed E-state index contributed by atoms with van der Waals surface area (Å²) < 4.78 is 5.42. The molecule has 25 heavy (non-hydrogen) atoms. The van der Waals surface area contributed by atoms with Crippen molar-refractivity contribution in [2.45, 2.75) is 32.1 Å². The summed E-state index contributed by atoms with van der Waals surface area (Å²) >= 11 is 0. The topological polar surface area (TPSA) is 63.1 Å². The van der Waals surface area contributed by atoms with Gasteiger partial charge < -0.3 is 19.9 Å². The van der Waals surface area contributed by atoms with E-state index >= 15 is 0 Å². The van der Waals surface area contributed by atoms with Gasteiger partial charge in [-0.2, -0.15) is 0 Å². The van der Waals surface area contributed by atoms with Gasteiger partial charge in [0, 0.05) is 13.0 Å². The van der Waals surface area contributed by atoms with Crippen LogP contribution in [0.25, 0.3) is 0 Å². The highest BCUT2D eigenvalue weighted by Crippen LogP contribution is 2.31. The zero-order chi connectivity index (χ0) is 17.5. The van der Waals surface area contributed by atoms with Crippen LogP contribution in [0.2, 0.25) is 0 Å². The van der Waals surface area contributed by atoms with Crippen LogP contribution in [0.4, 0.5) is 5.69 Å². The van der Waals surface area contributed by atoms with Crippen LogP contribution in [0.3, 0.4) is 0 Å². The Labute approximate surface area is 149 Å². The first-order valence-corrected chi connectivity index (χ1v) is 9.36. The number of amides is 2. The highest BCUT2D eigenvalue weighted by atomic mass is 16.5. The van der Waals surface area contributed by atoms with Gasteiger partial charge in [0.1, 0.15) is 5.75 Å². The lowest BCUT2D eigenvalue weighted by atomic mass is 10.2. The largest absolute Gasteiger partial charge is 0.482 e. The van der Waals surface area contributed by atoms with E-state index in [1.54, 1.807) is 9.80 Å². The molecule has 1 aromatic carbocycles. The van der Waals surface area contributed by atoms with Crippen LogP contribution in [0.5, 0.6) is 5.75 Å². The molecule has 0 aliphatic carbocycles. The van der Waals surface area contributed by atoms with Crippen molar-refractivity contribution in [2.75, 3.05) is 44.2 Å². The molecule has 1 saturated heterocycles. The van der Waals surface area contributed by atoms with Gasteiger partial charge >= 0.3 is 0 Å². The third-order valence-electron chi connectivity index (χ3n) is 4.98. The van der Waals surface area contributed by atoms with Gasteiger partial charge in [0.05, 0.1) is 31.9 Å². The molecule has 136 valence electrons. The summed E-state index contributed by atoms with van der Waals surface area (Å²) in [6.45, 7) is 4.56. The highest BCUT2D eigenvalue weighted by molar-refractivity contribution is 5.98. The van der Waals surface area contributed by atoms with Gasteiger partial charge in [0.15, 0.2) is 6.61 Å². The number of hydrogen-bond donors (Lipinski definition) is 2. The predicted molar refractivity (Wildman–Crippen MR) is 95.9 cm³/mol. The van der Waals surface area contributed by atoms with Gasteiger partial charge in [0.25, 0.3) is 5.91 Å². The minimum Gasteiger partial charge on any atom is -0.482 e. The van der Waals surface area contributed by atoms with E-state index < -0.39 is 0 Å². The number of carbonyl (C=O) groups excluding carboxylic acids is 2. The fourth-order valence-electron chi connectivity index (χ4n) is 3.56. The van der Waals surface area contributed by atoms with Gasteiger partial charge in [-0.05, 0) is 37.8 Å². The lowest BCUT2D eigenvalue weighted by Crippen LogP contribution is -3.12.